The first kappa shape index (κ1) is 13.9. The molecule has 0 amide bonds. The Bertz CT molecular complexity index is 1220. The van der Waals surface area contributed by atoms with Crippen LogP contribution in [0.2, 0.25) is 0 Å². The molecule has 0 bridgehead atoms. The Labute approximate surface area is 143 Å². The van der Waals surface area contributed by atoms with Crippen molar-refractivity contribution in [2.45, 2.75) is 0 Å². The van der Waals surface area contributed by atoms with Crippen LogP contribution >= 0.6 is 0 Å². The molecule has 0 radical (unpaired) electrons. The van der Waals surface area contributed by atoms with E-state index in [0.717, 1.165) is 44.3 Å². The van der Waals surface area contributed by atoms with Crippen LogP contribution in [0.4, 0.5) is 0 Å². The van der Waals surface area contributed by atoms with E-state index in [1.165, 1.54) is 0 Å². The Morgan fingerprint density at radius 2 is 2.00 bits per heavy atom. The molecule has 120 valence electrons. The molecule has 0 atom stereocenters. The molecule has 1 aromatic carbocycles. The molecule has 0 saturated carbocycles. The molecule has 4 aromatic heterocycles. The van der Waals surface area contributed by atoms with E-state index in [2.05, 4.69) is 38.2 Å². The van der Waals surface area contributed by atoms with Crippen LogP contribution < -0.4 is 0 Å². The van der Waals surface area contributed by atoms with Gasteiger partial charge in [-0.05, 0) is 29.8 Å². The minimum Gasteiger partial charge on any atom is -0.345 e. The molecular weight excluding hydrogens is 312 g/mol. The van der Waals surface area contributed by atoms with Gasteiger partial charge in [0, 0.05) is 47.5 Å². The highest BCUT2D eigenvalue weighted by atomic mass is 15.2. The second kappa shape index (κ2) is 5.24. The summed E-state index contributed by atoms with van der Waals surface area (Å²) in [6, 6.07) is 10.3. The summed E-state index contributed by atoms with van der Waals surface area (Å²) in [4.78, 5) is 16.4. The van der Waals surface area contributed by atoms with Gasteiger partial charge < -0.3 is 4.98 Å². The number of benzene rings is 1. The first-order valence-electron chi connectivity index (χ1n) is 7.95. The lowest BCUT2D eigenvalue weighted by atomic mass is 10.0. The highest BCUT2D eigenvalue weighted by Crippen LogP contribution is 2.31. The second-order valence-corrected chi connectivity index (χ2v) is 5.99. The highest BCUT2D eigenvalue weighted by molar-refractivity contribution is 5.96. The summed E-state index contributed by atoms with van der Waals surface area (Å²) in [5.74, 6) is 0. The number of hydrogen-bond acceptors (Lipinski definition) is 4. The molecule has 5 aromatic rings. The van der Waals surface area contributed by atoms with Crippen LogP contribution in [0.1, 0.15) is 0 Å². The summed E-state index contributed by atoms with van der Waals surface area (Å²) < 4.78 is 1.78. The third-order valence-electron chi connectivity index (χ3n) is 4.35. The van der Waals surface area contributed by atoms with E-state index in [0.29, 0.717) is 0 Å². The zero-order valence-corrected chi connectivity index (χ0v) is 13.5. The van der Waals surface area contributed by atoms with Crippen molar-refractivity contribution < 1.29 is 0 Å². The van der Waals surface area contributed by atoms with E-state index in [4.69, 9.17) is 4.98 Å². The molecule has 0 aliphatic heterocycles. The Morgan fingerprint density at radius 3 is 2.88 bits per heavy atom. The molecule has 0 spiro atoms. The van der Waals surface area contributed by atoms with Crippen LogP contribution in [0.5, 0.6) is 0 Å². The number of nitrogens with zero attached hydrogens (tertiary/aromatic N) is 5. The van der Waals surface area contributed by atoms with Gasteiger partial charge in [0.15, 0.2) is 0 Å². The molecule has 4 heterocycles. The molecule has 0 unspecified atom stereocenters. The van der Waals surface area contributed by atoms with E-state index in [1.807, 2.05) is 44.0 Å². The molecule has 0 saturated heterocycles. The minimum atomic E-state index is 0.862. The smallest absolute Gasteiger partial charge is 0.138 e. The fourth-order valence-electron chi connectivity index (χ4n) is 3.11. The maximum Gasteiger partial charge on any atom is 0.138 e. The van der Waals surface area contributed by atoms with E-state index in [-0.39, 0.29) is 0 Å². The van der Waals surface area contributed by atoms with Gasteiger partial charge in [0.2, 0.25) is 0 Å². The van der Waals surface area contributed by atoms with Gasteiger partial charge in [-0.25, -0.2) is 15.0 Å². The Hall–Kier alpha value is -3.54. The minimum absolute atomic E-state index is 0.862. The molecule has 1 N–H and O–H groups in total. The maximum absolute atomic E-state index is 4.73. The van der Waals surface area contributed by atoms with Crippen LogP contribution in [0.3, 0.4) is 0 Å². The molecule has 25 heavy (non-hydrogen) atoms. The van der Waals surface area contributed by atoms with Crippen molar-refractivity contribution in [1.82, 2.24) is 29.7 Å². The number of H-pyrrole nitrogens is 1. The molecule has 0 fully saturated rings. The van der Waals surface area contributed by atoms with Crippen molar-refractivity contribution >= 4 is 21.9 Å². The molecular formula is C19H14N6. The van der Waals surface area contributed by atoms with Crippen LogP contribution in [0, 0.1) is 0 Å². The third kappa shape index (κ3) is 2.27. The van der Waals surface area contributed by atoms with Crippen molar-refractivity contribution in [3.63, 3.8) is 0 Å². The monoisotopic (exact) mass is 326 g/mol. The van der Waals surface area contributed by atoms with E-state index in [1.54, 1.807) is 11.0 Å². The lowest BCUT2D eigenvalue weighted by Gasteiger charge is -2.03. The maximum atomic E-state index is 4.73. The number of aromatic amines is 1. The quantitative estimate of drug-likeness (QED) is 0.538. The van der Waals surface area contributed by atoms with Gasteiger partial charge in [0.25, 0.3) is 0 Å². The number of fused-ring (bicyclic) bond motifs is 2. The van der Waals surface area contributed by atoms with Gasteiger partial charge in [-0.3, -0.25) is 4.68 Å². The van der Waals surface area contributed by atoms with Gasteiger partial charge in [-0.15, -0.1) is 0 Å². The lowest BCUT2D eigenvalue weighted by Crippen LogP contribution is -1.85. The van der Waals surface area contributed by atoms with Crippen LogP contribution in [0.15, 0.2) is 61.4 Å². The fraction of sp³-hybridized carbons (Fsp3) is 0.0526. The summed E-state index contributed by atoms with van der Waals surface area (Å²) in [5, 5.41) is 6.32. The summed E-state index contributed by atoms with van der Waals surface area (Å²) in [6.07, 6.45) is 9.18. The topological polar surface area (TPSA) is 72.3 Å². The largest absolute Gasteiger partial charge is 0.345 e. The van der Waals surface area contributed by atoms with Gasteiger partial charge in [0.05, 0.1) is 17.4 Å². The van der Waals surface area contributed by atoms with E-state index >= 15 is 0 Å². The van der Waals surface area contributed by atoms with Crippen molar-refractivity contribution in [2.24, 2.45) is 7.05 Å². The summed E-state index contributed by atoms with van der Waals surface area (Å²) in [6.45, 7) is 0. The highest BCUT2D eigenvalue weighted by Gasteiger charge is 2.10. The zero-order chi connectivity index (χ0) is 16.8. The number of hydrogen-bond donors (Lipinski definition) is 1. The van der Waals surface area contributed by atoms with Crippen molar-refractivity contribution in [3.05, 3.63) is 61.4 Å². The van der Waals surface area contributed by atoms with E-state index in [9.17, 15) is 0 Å². The number of pyridine rings is 1. The van der Waals surface area contributed by atoms with Gasteiger partial charge in [0.1, 0.15) is 12.0 Å². The molecule has 5 rings (SSSR count). The number of aryl methyl sites for hydroxylation is 1. The molecule has 6 nitrogen and oxygen atoms in total. The SMILES string of the molecule is Cn1cc(-c2ccc3c(-c4ccc5ncncc5c4)c[nH]c3n2)cn1. The molecule has 0 aliphatic carbocycles. The van der Waals surface area contributed by atoms with Gasteiger partial charge in [-0.1, -0.05) is 6.07 Å². The molecule has 0 aliphatic rings. The number of rotatable bonds is 2. The molecule has 6 heteroatoms. The Balaban J connectivity index is 1.64. The van der Waals surface area contributed by atoms with Gasteiger partial charge >= 0.3 is 0 Å². The first-order valence-corrected chi connectivity index (χ1v) is 7.95. The average molecular weight is 326 g/mol. The first-order chi connectivity index (χ1) is 12.3. The predicted octanol–water partition coefficient (Wildman–Crippen LogP) is 3.57. The summed E-state index contributed by atoms with van der Waals surface area (Å²) in [7, 11) is 1.90. The van der Waals surface area contributed by atoms with Crippen LogP contribution in [-0.4, -0.2) is 29.7 Å². The number of nitrogens with one attached hydrogen (secondary N) is 1. The zero-order valence-electron chi connectivity index (χ0n) is 13.5. The van der Waals surface area contributed by atoms with Crippen LogP contribution in [-0.2, 0) is 7.05 Å². The summed E-state index contributed by atoms with van der Waals surface area (Å²) in [5.41, 5.74) is 5.94. The normalized spacial score (nSPS) is 11.4. The third-order valence-corrected chi connectivity index (χ3v) is 4.35. The summed E-state index contributed by atoms with van der Waals surface area (Å²) >= 11 is 0. The Morgan fingerprint density at radius 1 is 1.04 bits per heavy atom. The predicted molar refractivity (Wildman–Crippen MR) is 96.8 cm³/mol. The average Bonchev–Trinajstić information content (AvgIpc) is 3.27. The van der Waals surface area contributed by atoms with Gasteiger partial charge in [-0.2, -0.15) is 5.10 Å². The van der Waals surface area contributed by atoms with Crippen molar-refractivity contribution in [2.75, 3.05) is 0 Å². The van der Waals surface area contributed by atoms with Crippen LogP contribution in [0.25, 0.3) is 44.3 Å². The van der Waals surface area contributed by atoms with E-state index < -0.39 is 0 Å². The van der Waals surface area contributed by atoms with Crippen molar-refractivity contribution in [3.8, 4) is 22.4 Å². The van der Waals surface area contributed by atoms with Crippen molar-refractivity contribution in [1.29, 1.82) is 0 Å². The number of aromatic nitrogens is 6. The Kier molecular flexibility index (Phi) is 2.90. The fourth-order valence-corrected chi connectivity index (χ4v) is 3.11. The second-order valence-electron chi connectivity index (χ2n) is 5.99. The lowest BCUT2D eigenvalue weighted by molar-refractivity contribution is 0.768. The standard InChI is InChI=1S/C19H14N6/c1-25-10-14(8-23-25)18-5-3-15-16(9-21-19(15)24-18)12-2-4-17-13(6-12)7-20-11-22-17/h2-11H,1H3,(H,21,24).